The van der Waals surface area contributed by atoms with E-state index in [1.165, 1.54) is 18.7 Å². The maximum Gasteiger partial charge on any atom is 0.326 e. The summed E-state index contributed by atoms with van der Waals surface area (Å²) in [5, 5.41) is 47.5. The van der Waals surface area contributed by atoms with Crippen LogP contribution in [-0.4, -0.2) is 177 Å². The van der Waals surface area contributed by atoms with Crippen molar-refractivity contribution in [2.24, 2.45) is 39.9 Å². The van der Waals surface area contributed by atoms with Crippen LogP contribution in [0.2, 0.25) is 0 Å². The zero-order valence-electron chi connectivity index (χ0n) is 41.9. The van der Waals surface area contributed by atoms with E-state index < -0.39 is 138 Å². The summed E-state index contributed by atoms with van der Waals surface area (Å²) in [6, 6.07) is -12.2. The summed E-state index contributed by atoms with van der Waals surface area (Å²) in [7, 11) is 0. The molecule has 0 aliphatic carbocycles. The van der Waals surface area contributed by atoms with Gasteiger partial charge in [-0.25, -0.2) is 4.79 Å². The molecular weight excluding hydrogens is 969 g/mol. The smallest absolute Gasteiger partial charge is 0.326 e. The minimum Gasteiger partial charge on any atom is -0.481 e. The van der Waals surface area contributed by atoms with E-state index in [2.05, 4.69) is 54.8 Å². The molecule has 71 heavy (non-hydrogen) atoms. The van der Waals surface area contributed by atoms with Crippen LogP contribution in [0.25, 0.3) is 0 Å². The van der Waals surface area contributed by atoms with Crippen LogP contribution in [0.3, 0.4) is 0 Å². The normalized spacial score (nSPS) is 17.3. The van der Waals surface area contributed by atoms with Gasteiger partial charge in [-0.3, -0.25) is 48.1 Å². The molecule has 27 heteroatoms. The van der Waals surface area contributed by atoms with Crippen molar-refractivity contribution in [3.63, 3.8) is 0 Å². The number of aliphatic hydroxyl groups excluding tert-OH is 1. The number of carboxylic acids is 2. The van der Waals surface area contributed by atoms with Crippen molar-refractivity contribution in [3.05, 3.63) is 0 Å². The first-order chi connectivity index (χ1) is 33.1. The summed E-state index contributed by atoms with van der Waals surface area (Å²) < 4.78 is 0. The number of rotatable bonds is 32. The lowest BCUT2D eigenvalue weighted by Gasteiger charge is -2.32. The number of likely N-dealkylation sites (tertiary alicyclic amines) is 1. The van der Waals surface area contributed by atoms with E-state index in [9.17, 15) is 63.3 Å². The van der Waals surface area contributed by atoms with Crippen LogP contribution < -0.4 is 54.4 Å². The Bertz CT molecular complexity index is 1870. The molecule has 0 aromatic rings. The fourth-order valence-electron chi connectivity index (χ4n) is 7.43. The SMILES string of the molecule is CSCC[C@H](NC(=O)[C@H](CC(C)C)NC(=O)[C@@H]1CCCN1C(=O)[C@@H](NC(=O)[C@H](CS)NC(=O)[C@H](CC(=O)O)NC(=O)[C@@H](NC(=O)[C@H](CCCN=C(N)N)NC(=O)[C@@H](N)CC(C)C)C(C)C)[C@@H](C)O)C(=O)O. The van der Waals surface area contributed by atoms with Crippen molar-refractivity contribution in [2.75, 3.05) is 30.9 Å². The molecule has 16 N–H and O–H groups in total. The van der Waals surface area contributed by atoms with E-state index in [0.29, 0.717) is 18.6 Å². The number of carbonyl (C=O) groups is 10. The topological polar surface area (TPSA) is 409 Å². The van der Waals surface area contributed by atoms with Crippen LogP contribution >= 0.6 is 24.4 Å². The van der Waals surface area contributed by atoms with E-state index >= 15 is 0 Å². The number of nitrogens with two attached hydrogens (primary N) is 3. The number of carbonyl (C=O) groups excluding carboxylic acids is 8. The molecule has 25 nitrogen and oxygen atoms in total. The van der Waals surface area contributed by atoms with Crippen LogP contribution in [-0.2, 0) is 47.9 Å². The molecule has 404 valence electrons. The third kappa shape index (κ3) is 22.7. The number of hydrogen-bond acceptors (Lipinski definition) is 15. The number of aliphatic hydroxyl groups is 1. The van der Waals surface area contributed by atoms with Gasteiger partial charge in [0.15, 0.2) is 5.96 Å². The molecule has 0 saturated carbocycles. The van der Waals surface area contributed by atoms with Crippen LogP contribution in [0, 0.1) is 17.8 Å². The van der Waals surface area contributed by atoms with Gasteiger partial charge in [-0.15, -0.1) is 0 Å². The zero-order valence-corrected chi connectivity index (χ0v) is 43.6. The molecule has 1 aliphatic heterocycles. The molecule has 0 bridgehead atoms. The molecule has 1 saturated heterocycles. The Morgan fingerprint density at radius 2 is 1.23 bits per heavy atom. The first-order valence-corrected chi connectivity index (χ1v) is 25.6. The number of guanidine groups is 1. The Balaban J connectivity index is 3.27. The number of hydrogen-bond donors (Lipinski definition) is 14. The van der Waals surface area contributed by atoms with Crippen molar-refractivity contribution < 1.29 is 63.3 Å². The van der Waals surface area contributed by atoms with Gasteiger partial charge in [0.25, 0.3) is 0 Å². The fourth-order valence-corrected chi connectivity index (χ4v) is 8.16. The highest BCUT2D eigenvalue weighted by Crippen LogP contribution is 2.21. The number of amides is 8. The highest BCUT2D eigenvalue weighted by atomic mass is 32.2. The monoisotopic (exact) mass is 1050 g/mol. The van der Waals surface area contributed by atoms with Crippen molar-refractivity contribution in [2.45, 2.75) is 160 Å². The van der Waals surface area contributed by atoms with E-state index in [1.807, 2.05) is 13.8 Å². The fraction of sp³-hybridized carbons (Fsp3) is 0.750. The maximum absolute atomic E-state index is 14.0. The second-order valence-electron chi connectivity index (χ2n) is 18.7. The zero-order chi connectivity index (χ0) is 54.3. The van der Waals surface area contributed by atoms with Gasteiger partial charge in [0.1, 0.15) is 48.3 Å². The average molecular weight is 1050 g/mol. The molecule has 1 rings (SSSR count). The standard InChI is InChI=1S/C44H78N12O13S2/c1-21(2)17-25(45)35(60)49-26(11-9-14-48-44(46)47)36(61)54-33(23(5)6)41(66)52-29(19-32(58)59)38(63)53-30(20-70)39(64)55-34(24(7)57)42(67)56-15-10-12-31(56)40(65)51-28(18-22(3)4)37(62)50-27(43(68)69)13-16-71-8/h21-31,33-34,57,70H,9-20,45H2,1-8H3,(H,49,60)(H,50,62)(H,51,65)(H,52,66)(H,53,63)(H,54,61)(H,55,64)(H,58,59)(H,68,69)(H4,46,47,48)/t24-,25+,26+,27+,28+,29+,30+,31+,33+,34+/m1/s1. The molecular formula is C44H78N12O13S2. The molecule has 1 fully saturated rings. The molecule has 0 aromatic heterocycles. The highest BCUT2D eigenvalue weighted by molar-refractivity contribution is 7.98. The quantitative estimate of drug-likeness (QED) is 0.0139. The lowest BCUT2D eigenvalue weighted by Crippen LogP contribution is -2.62. The van der Waals surface area contributed by atoms with Crippen LogP contribution in [0.15, 0.2) is 4.99 Å². The summed E-state index contributed by atoms with van der Waals surface area (Å²) in [5.41, 5.74) is 16.9. The van der Waals surface area contributed by atoms with Gasteiger partial charge in [0.05, 0.1) is 18.6 Å². The average Bonchev–Trinajstić information content (AvgIpc) is 3.77. The third-order valence-corrected chi connectivity index (χ3v) is 12.2. The van der Waals surface area contributed by atoms with Crippen molar-refractivity contribution in [3.8, 4) is 0 Å². The summed E-state index contributed by atoms with van der Waals surface area (Å²) in [6.45, 7) is 11.8. The van der Waals surface area contributed by atoms with Crippen LogP contribution in [0.4, 0.5) is 0 Å². The van der Waals surface area contributed by atoms with Gasteiger partial charge in [-0.2, -0.15) is 24.4 Å². The Hall–Kier alpha value is -5.41. The van der Waals surface area contributed by atoms with E-state index in [0.717, 1.165) is 4.90 Å². The van der Waals surface area contributed by atoms with E-state index in [1.54, 1.807) is 34.0 Å². The summed E-state index contributed by atoms with van der Waals surface area (Å²) >= 11 is 5.56. The minimum atomic E-state index is -1.83. The second-order valence-corrected chi connectivity index (χ2v) is 20.0. The predicted molar refractivity (Wildman–Crippen MR) is 268 cm³/mol. The Kier molecular flexibility index (Phi) is 28.5. The molecule has 0 unspecified atom stereocenters. The predicted octanol–water partition coefficient (Wildman–Crippen LogP) is -2.88. The van der Waals surface area contributed by atoms with Gasteiger partial charge >= 0.3 is 11.9 Å². The molecule has 0 spiro atoms. The van der Waals surface area contributed by atoms with Gasteiger partial charge in [0.2, 0.25) is 47.3 Å². The van der Waals surface area contributed by atoms with Gasteiger partial charge < -0.3 is 74.6 Å². The van der Waals surface area contributed by atoms with Crippen molar-refractivity contribution in [1.29, 1.82) is 0 Å². The van der Waals surface area contributed by atoms with Crippen molar-refractivity contribution in [1.82, 2.24) is 42.1 Å². The number of thiol groups is 1. The number of thioether (sulfide) groups is 1. The number of aliphatic imine (C=N–C) groups is 1. The highest BCUT2D eigenvalue weighted by Gasteiger charge is 2.42. The molecule has 10 atom stereocenters. The molecule has 1 heterocycles. The van der Waals surface area contributed by atoms with Gasteiger partial charge in [0, 0.05) is 18.8 Å². The second kappa shape index (κ2) is 31.8. The number of nitrogens with zero attached hydrogens (tertiary/aromatic N) is 2. The van der Waals surface area contributed by atoms with Crippen LogP contribution in [0.5, 0.6) is 0 Å². The Labute approximate surface area is 424 Å². The summed E-state index contributed by atoms with van der Waals surface area (Å²) in [4.78, 5) is 138. The molecule has 1 aliphatic rings. The number of carboxylic acid groups (broad SMARTS) is 2. The third-order valence-electron chi connectivity index (χ3n) is 11.2. The van der Waals surface area contributed by atoms with Gasteiger partial charge in [-0.05, 0) is 81.6 Å². The van der Waals surface area contributed by atoms with Crippen LogP contribution in [0.1, 0.15) is 99.8 Å². The molecule has 8 amide bonds. The van der Waals surface area contributed by atoms with Gasteiger partial charge in [-0.1, -0.05) is 41.5 Å². The first-order valence-electron chi connectivity index (χ1n) is 23.6. The largest absolute Gasteiger partial charge is 0.481 e. The Morgan fingerprint density at radius 3 is 1.75 bits per heavy atom. The lowest BCUT2D eigenvalue weighted by molar-refractivity contribution is -0.145. The first kappa shape index (κ1) is 63.6. The number of nitrogens with one attached hydrogen (secondary N) is 7. The summed E-state index contributed by atoms with van der Waals surface area (Å²) in [6.07, 6.45) is 0.577. The molecule has 0 aromatic carbocycles. The van der Waals surface area contributed by atoms with E-state index in [4.69, 9.17) is 17.2 Å². The Morgan fingerprint density at radius 1 is 0.690 bits per heavy atom. The molecule has 0 radical (unpaired) electrons. The maximum atomic E-state index is 14.0. The number of aliphatic carboxylic acids is 2. The lowest BCUT2D eigenvalue weighted by atomic mass is 10.0. The van der Waals surface area contributed by atoms with E-state index in [-0.39, 0.29) is 63.0 Å². The minimum absolute atomic E-state index is 0.0229. The summed E-state index contributed by atoms with van der Waals surface area (Å²) in [5.74, 6) is -10.6. The van der Waals surface area contributed by atoms with Crippen molar-refractivity contribution >= 4 is 89.5 Å².